The minimum Gasteiger partial charge on any atom is -0.484 e. The highest BCUT2D eigenvalue weighted by Gasteiger charge is 2.05. The van der Waals surface area contributed by atoms with Gasteiger partial charge < -0.3 is 15.4 Å². The molecule has 0 aliphatic carbocycles. The number of benzene rings is 1. The smallest absolute Gasteiger partial charge is 0.263 e. The van der Waals surface area contributed by atoms with Gasteiger partial charge in [-0.1, -0.05) is 32.0 Å². The molecule has 0 aliphatic rings. The highest BCUT2D eigenvalue weighted by atomic mass is 16.5. The van der Waals surface area contributed by atoms with Crippen molar-refractivity contribution in [1.29, 1.82) is 0 Å². The number of hydrogen-bond donors (Lipinski definition) is 2. The Bertz CT molecular complexity index is 600. The summed E-state index contributed by atoms with van der Waals surface area (Å²) in [5.41, 5.74) is 0. The average Bonchev–Trinajstić information content (AvgIpc) is 2.55. The van der Waals surface area contributed by atoms with Gasteiger partial charge in [-0.05, 0) is 36.6 Å². The van der Waals surface area contributed by atoms with Gasteiger partial charge >= 0.3 is 0 Å². The molecule has 0 saturated carbocycles. The van der Waals surface area contributed by atoms with Crippen LogP contribution in [0.1, 0.15) is 20.3 Å². The van der Waals surface area contributed by atoms with E-state index in [-0.39, 0.29) is 12.5 Å². The van der Waals surface area contributed by atoms with Crippen LogP contribution in [0.3, 0.4) is 0 Å². The van der Waals surface area contributed by atoms with Gasteiger partial charge in [0, 0.05) is 6.54 Å². The highest BCUT2D eigenvalue weighted by molar-refractivity contribution is 5.90. The molecule has 0 bridgehead atoms. The zero-order chi connectivity index (χ0) is 16.5. The van der Waals surface area contributed by atoms with E-state index >= 15 is 0 Å². The van der Waals surface area contributed by atoms with Crippen LogP contribution >= 0.6 is 0 Å². The van der Waals surface area contributed by atoms with E-state index in [1.807, 2.05) is 18.2 Å². The lowest BCUT2D eigenvalue weighted by atomic mass is 10.1. The van der Waals surface area contributed by atoms with E-state index in [0.29, 0.717) is 23.3 Å². The second-order valence-corrected chi connectivity index (χ2v) is 5.56. The summed E-state index contributed by atoms with van der Waals surface area (Å²) in [5, 5.41) is 13.8. The Labute approximate surface area is 136 Å². The van der Waals surface area contributed by atoms with Gasteiger partial charge in [-0.3, -0.25) is 4.79 Å². The SMILES string of the molecule is CC(C)CCNc1ccc(NC(=O)COc2ccccc2)nn1. The lowest BCUT2D eigenvalue weighted by molar-refractivity contribution is -0.118. The summed E-state index contributed by atoms with van der Waals surface area (Å²) in [6, 6.07) is 12.7. The zero-order valence-corrected chi connectivity index (χ0v) is 13.5. The lowest BCUT2D eigenvalue weighted by Gasteiger charge is -2.08. The Morgan fingerprint density at radius 3 is 2.43 bits per heavy atom. The number of carbonyl (C=O) groups is 1. The van der Waals surface area contributed by atoms with Crippen LogP contribution in [0.4, 0.5) is 11.6 Å². The Morgan fingerprint density at radius 1 is 1.09 bits per heavy atom. The van der Waals surface area contributed by atoms with E-state index in [0.717, 1.165) is 13.0 Å². The molecule has 0 atom stereocenters. The number of nitrogens with one attached hydrogen (secondary N) is 2. The third kappa shape index (κ3) is 6.34. The number of para-hydroxylation sites is 1. The van der Waals surface area contributed by atoms with Gasteiger partial charge in [0.1, 0.15) is 11.6 Å². The van der Waals surface area contributed by atoms with Gasteiger partial charge in [-0.15, -0.1) is 10.2 Å². The number of nitrogens with zero attached hydrogens (tertiary/aromatic N) is 2. The summed E-state index contributed by atoms with van der Waals surface area (Å²) in [5.74, 6) is 2.12. The highest BCUT2D eigenvalue weighted by Crippen LogP contribution is 2.09. The fourth-order valence-corrected chi connectivity index (χ4v) is 1.83. The molecule has 0 aliphatic heterocycles. The molecule has 0 unspecified atom stereocenters. The summed E-state index contributed by atoms with van der Waals surface area (Å²) < 4.78 is 5.37. The quantitative estimate of drug-likeness (QED) is 0.783. The summed E-state index contributed by atoms with van der Waals surface area (Å²) in [6.07, 6.45) is 1.07. The molecule has 0 radical (unpaired) electrons. The average molecular weight is 314 g/mol. The molecular weight excluding hydrogens is 292 g/mol. The Morgan fingerprint density at radius 2 is 1.78 bits per heavy atom. The fourth-order valence-electron chi connectivity index (χ4n) is 1.83. The lowest BCUT2D eigenvalue weighted by Crippen LogP contribution is -2.21. The second kappa shape index (κ2) is 8.73. The van der Waals surface area contributed by atoms with Gasteiger partial charge in [0.15, 0.2) is 12.4 Å². The van der Waals surface area contributed by atoms with E-state index in [4.69, 9.17) is 4.74 Å². The third-order valence-electron chi connectivity index (χ3n) is 3.07. The van der Waals surface area contributed by atoms with Crippen LogP contribution in [0.25, 0.3) is 0 Å². The molecule has 0 spiro atoms. The Hall–Kier alpha value is -2.63. The minimum atomic E-state index is -0.274. The first-order valence-electron chi connectivity index (χ1n) is 7.69. The molecule has 2 aromatic rings. The van der Waals surface area contributed by atoms with Crippen LogP contribution in [0.15, 0.2) is 42.5 Å². The van der Waals surface area contributed by atoms with Crippen molar-refractivity contribution in [3.63, 3.8) is 0 Å². The molecule has 2 N–H and O–H groups in total. The summed E-state index contributed by atoms with van der Waals surface area (Å²) >= 11 is 0. The van der Waals surface area contributed by atoms with Crippen LogP contribution in [-0.2, 0) is 4.79 Å². The molecule has 0 saturated heterocycles. The topological polar surface area (TPSA) is 76.1 Å². The number of anilines is 2. The van der Waals surface area contributed by atoms with Crippen LogP contribution in [0, 0.1) is 5.92 Å². The summed E-state index contributed by atoms with van der Waals surface area (Å²) in [7, 11) is 0. The van der Waals surface area contributed by atoms with Crippen molar-refractivity contribution in [2.45, 2.75) is 20.3 Å². The number of carbonyl (C=O) groups excluding carboxylic acids is 1. The normalized spacial score (nSPS) is 10.4. The number of amides is 1. The first-order valence-corrected chi connectivity index (χ1v) is 7.69. The van der Waals surface area contributed by atoms with Crippen molar-refractivity contribution in [2.75, 3.05) is 23.8 Å². The molecule has 1 aromatic carbocycles. The zero-order valence-electron chi connectivity index (χ0n) is 13.5. The first kappa shape index (κ1) is 16.7. The van der Waals surface area contributed by atoms with E-state index in [1.54, 1.807) is 24.3 Å². The summed E-state index contributed by atoms with van der Waals surface area (Å²) in [6.45, 7) is 5.12. The van der Waals surface area contributed by atoms with Crippen LogP contribution < -0.4 is 15.4 Å². The minimum absolute atomic E-state index is 0.0694. The molecule has 1 amide bonds. The molecule has 23 heavy (non-hydrogen) atoms. The number of rotatable bonds is 8. The summed E-state index contributed by atoms with van der Waals surface area (Å²) in [4.78, 5) is 11.8. The van der Waals surface area contributed by atoms with Gasteiger partial charge in [-0.25, -0.2) is 0 Å². The van der Waals surface area contributed by atoms with Crippen molar-refractivity contribution in [3.8, 4) is 5.75 Å². The Kier molecular flexibility index (Phi) is 6.35. The van der Waals surface area contributed by atoms with Crippen molar-refractivity contribution in [2.24, 2.45) is 5.92 Å². The van der Waals surface area contributed by atoms with Crippen molar-refractivity contribution in [1.82, 2.24) is 10.2 Å². The number of hydrogen-bond acceptors (Lipinski definition) is 5. The maximum atomic E-state index is 11.8. The van der Waals surface area contributed by atoms with Crippen LogP contribution in [0.2, 0.25) is 0 Å². The van der Waals surface area contributed by atoms with Crippen molar-refractivity contribution >= 4 is 17.5 Å². The largest absolute Gasteiger partial charge is 0.484 e. The molecule has 0 fully saturated rings. The molecular formula is C17H22N4O2. The van der Waals surface area contributed by atoms with E-state index in [9.17, 15) is 4.79 Å². The van der Waals surface area contributed by atoms with Crippen molar-refractivity contribution in [3.05, 3.63) is 42.5 Å². The van der Waals surface area contributed by atoms with Gasteiger partial charge in [-0.2, -0.15) is 0 Å². The third-order valence-corrected chi connectivity index (χ3v) is 3.07. The Balaban J connectivity index is 1.75. The standard InChI is InChI=1S/C17H22N4O2/c1-13(2)10-11-18-15-8-9-16(21-20-15)19-17(22)12-23-14-6-4-3-5-7-14/h3-9,13H,10-12H2,1-2H3,(H,18,20)(H,19,21,22). The molecule has 6 nitrogen and oxygen atoms in total. The molecule has 122 valence electrons. The van der Waals surface area contributed by atoms with Gasteiger partial charge in [0.25, 0.3) is 5.91 Å². The monoisotopic (exact) mass is 314 g/mol. The molecule has 1 heterocycles. The van der Waals surface area contributed by atoms with Crippen LogP contribution in [0.5, 0.6) is 5.75 Å². The second-order valence-electron chi connectivity index (χ2n) is 5.56. The maximum Gasteiger partial charge on any atom is 0.263 e. The van der Waals surface area contributed by atoms with Gasteiger partial charge in [0.05, 0.1) is 0 Å². The number of ether oxygens (including phenoxy) is 1. The molecule has 1 aromatic heterocycles. The van der Waals surface area contributed by atoms with E-state index < -0.39 is 0 Å². The van der Waals surface area contributed by atoms with E-state index in [1.165, 1.54) is 0 Å². The van der Waals surface area contributed by atoms with E-state index in [2.05, 4.69) is 34.7 Å². The maximum absolute atomic E-state index is 11.8. The molecule has 6 heteroatoms. The van der Waals surface area contributed by atoms with Gasteiger partial charge in [0.2, 0.25) is 0 Å². The molecule has 2 rings (SSSR count). The van der Waals surface area contributed by atoms with Crippen molar-refractivity contribution < 1.29 is 9.53 Å². The number of aromatic nitrogens is 2. The van der Waals surface area contributed by atoms with Crippen LogP contribution in [-0.4, -0.2) is 29.3 Å². The predicted molar refractivity (Wildman–Crippen MR) is 90.5 cm³/mol. The first-order chi connectivity index (χ1) is 11.1. The predicted octanol–water partition coefficient (Wildman–Crippen LogP) is 2.95. The fraction of sp³-hybridized carbons (Fsp3) is 0.353.